The average molecular weight is 181 g/mol. The van der Waals surface area contributed by atoms with E-state index in [2.05, 4.69) is 0 Å². The second-order valence-corrected chi connectivity index (χ2v) is 3.33. The molecule has 2 heterocycles. The molecule has 0 bridgehead atoms. The summed E-state index contributed by atoms with van der Waals surface area (Å²) in [5.41, 5.74) is 0. The Morgan fingerprint density at radius 2 is 1.92 bits per heavy atom. The largest absolute Gasteiger partial charge is 0.370 e. The second kappa shape index (κ2) is 2.96. The number of carbonyl (C=O) groups is 2. The molecule has 1 fully saturated rings. The summed E-state index contributed by atoms with van der Waals surface area (Å²) in [4.78, 5) is 23.4. The fraction of sp³-hybridized carbons (Fsp3) is 0.556. The summed E-state index contributed by atoms with van der Waals surface area (Å²) >= 11 is 0. The molecule has 2 aliphatic heterocycles. The highest BCUT2D eigenvalue weighted by Gasteiger charge is 2.35. The van der Waals surface area contributed by atoms with Crippen LogP contribution in [-0.2, 0) is 14.3 Å². The van der Waals surface area contributed by atoms with Gasteiger partial charge in [-0.3, -0.25) is 14.5 Å². The lowest BCUT2D eigenvalue weighted by molar-refractivity contribution is -0.136. The molecular formula is C9H11NO3. The standard InChI is InChI=1S/C9H11NO3/c1-6-7(13-6)4-5-10-8(11)2-3-9(10)12/h2-3,6-7H,4-5H2,1H3. The van der Waals surface area contributed by atoms with Gasteiger partial charge >= 0.3 is 0 Å². The molecule has 4 nitrogen and oxygen atoms in total. The van der Waals surface area contributed by atoms with E-state index in [1.54, 1.807) is 0 Å². The van der Waals surface area contributed by atoms with Crippen molar-refractivity contribution in [3.8, 4) is 0 Å². The van der Waals surface area contributed by atoms with Crippen molar-refractivity contribution in [1.82, 2.24) is 4.90 Å². The number of imide groups is 1. The van der Waals surface area contributed by atoms with Gasteiger partial charge in [0.05, 0.1) is 12.2 Å². The Labute approximate surface area is 76.2 Å². The van der Waals surface area contributed by atoms with E-state index < -0.39 is 0 Å². The van der Waals surface area contributed by atoms with Crippen LogP contribution in [0.5, 0.6) is 0 Å². The number of ether oxygens (including phenoxy) is 1. The Kier molecular flexibility index (Phi) is 1.92. The van der Waals surface area contributed by atoms with Crippen molar-refractivity contribution in [3.05, 3.63) is 12.2 Å². The predicted molar refractivity (Wildman–Crippen MR) is 44.8 cm³/mol. The fourth-order valence-corrected chi connectivity index (χ4v) is 1.44. The first-order valence-corrected chi connectivity index (χ1v) is 4.37. The molecule has 0 aliphatic carbocycles. The van der Waals surface area contributed by atoms with Gasteiger partial charge in [0.2, 0.25) is 0 Å². The smallest absolute Gasteiger partial charge is 0.253 e. The monoisotopic (exact) mass is 181 g/mol. The third-order valence-corrected chi connectivity index (χ3v) is 2.37. The number of rotatable bonds is 3. The van der Waals surface area contributed by atoms with Crippen LogP contribution in [0, 0.1) is 0 Å². The Morgan fingerprint density at radius 3 is 2.38 bits per heavy atom. The highest BCUT2D eigenvalue weighted by molar-refractivity contribution is 6.12. The molecule has 0 radical (unpaired) electrons. The zero-order chi connectivity index (χ0) is 9.42. The van der Waals surface area contributed by atoms with Gasteiger partial charge in [-0.05, 0) is 13.3 Å². The lowest BCUT2D eigenvalue weighted by Gasteiger charge is -2.11. The van der Waals surface area contributed by atoms with Gasteiger partial charge in [-0.25, -0.2) is 0 Å². The van der Waals surface area contributed by atoms with Gasteiger partial charge in [0.1, 0.15) is 0 Å². The molecule has 2 amide bonds. The molecule has 0 aromatic carbocycles. The Bertz CT molecular complexity index is 267. The third kappa shape index (κ3) is 1.62. The molecule has 0 N–H and O–H groups in total. The number of nitrogens with zero attached hydrogens (tertiary/aromatic N) is 1. The van der Waals surface area contributed by atoms with Crippen LogP contribution in [-0.4, -0.2) is 35.5 Å². The lowest BCUT2D eigenvalue weighted by Crippen LogP contribution is -2.31. The minimum absolute atomic E-state index is 0.210. The molecule has 1 saturated heterocycles. The minimum atomic E-state index is -0.210. The molecule has 0 aromatic rings. The number of hydrogen-bond acceptors (Lipinski definition) is 3. The van der Waals surface area contributed by atoms with Crippen molar-refractivity contribution in [2.45, 2.75) is 25.6 Å². The quantitative estimate of drug-likeness (QED) is 0.458. The van der Waals surface area contributed by atoms with Crippen LogP contribution in [0.25, 0.3) is 0 Å². The van der Waals surface area contributed by atoms with E-state index in [0.717, 1.165) is 6.42 Å². The van der Waals surface area contributed by atoms with Crippen molar-refractivity contribution in [3.63, 3.8) is 0 Å². The molecule has 2 rings (SSSR count). The molecular weight excluding hydrogens is 170 g/mol. The highest BCUT2D eigenvalue weighted by Crippen LogP contribution is 2.24. The van der Waals surface area contributed by atoms with Gasteiger partial charge in [0.25, 0.3) is 11.8 Å². The first-order valence-electron chi connectivity index (χ1n) is 4.37. The zero-order valence-electron chi connectivity index (χ0n) is 7.40. The second-order valence-electron chi connectivity index (χ2n) is 3.33. The van der Waals surface area contributed by atoms with Crippen LogP contribution in [0.1, 0.15) is 13.3 Å². The molecule has 0 saturated carbocycles. The summed E-state index contributed by atoms with van der Waals surface area (Å²) in [6.45, 7) is 2.45. The Balaban J connectivity index is 1.81. The van der Waals surface area contributed by atoms with Crippen LogP contribution in [0.2, 0.25) is 0 Å². The van der Waals surface area contributed by atoms with E-state index in [0.29, 0.717) is 12.6 Å². The summed E-state index contributed by atoms with van der Waals surface area (Å²) < 4.78 is 5.18. The summed E-state index contributed by atoms with van der Waals surface area (Å²) in [7, 11) is 0. The van der Waals surface area contributed by atoms with Crippen molar-refractivity contribution in [2.75, 3.05) is 6.54 Å². The van der Waals surface area contributed by atoms with Crippen molar-refractivity contribution < 1.29 is 14.3 Å². The SMILES string of the molecule is CC1OC1CCN1C(=O)C=CC1=O. The minimum Gasteiger partial charge on any atom is -0.370 e. The number of amides is 2. The van der Waals surface area contributed by atoms with Gasteiger partial charge in [-0.1, -0.05) is 0 Å². The van der Waals surface area contributed by atoms with Gasteiger partial charge in [-0.15, -0.1) is 0 Å². The number of carbonyl (C=O) groups excluding carboxylic acids is 2. The Morgan fingerprint density at radius 1 is 1.38 bits per heavy atom. The van der Waals surface area contributed by atoms with Crippen molar-refractivity contribution in [2.24, 2.45) is 0 Å². The molecule has 2 aliphatic rings. The topological polar surface area (TPSA) is 49.9 Å². The highest BCUT2D eigenvalue weighted by atomic mass is 16.6. The molecule has 70 valence electrons. The average Bonchev–Trinajstić information content (AvgIpc) is 2.69. The van der Waals surface area contributed by atoms with E-state index in [9.17, 15) is 9.59 Å². The van der Waals surface area contributed by atoms with Gasteiger partial charge in [-0.2, -0.15) is 0 Å². The fourth-order valence-electron chi connectivity index (χ4n) is 1.44. The van der Waals surface area contributed by atoms with Crippen LogP contribution in [0.4, 0.5) is 0 Å². The first-order chi connectivity index (χ1) is 6.18. The van der Waals surface area contributed by atoms with E-state index >= 15 is 0 Å². The van der Waals surface area contributed by atoms with E-state index in [1.165, 1.54) is 17.1 Å². The third-order valence-electron chi connectivity index (χ3n) is 2.37. The van der Waals surface area contributed by atoms with Gasteiger partial charge in [0, 0.05) is 18.7 Å². The predicted octanol–water partition coefficient (Wildman–Crippen LogP) is 0.0888. The maximum absolute atomic E-state index is 11.1. The molecule has 13 heavy (non-hydrogen) atoms. The van der Waals surface area contributed by atoms with Crippen LogP contribution >= 0.6 is 0 Å². The maximum atomic E-state index is 11.1. The van der Waals surface area contributed by atoms with Gasteiger partial charge < -0.3 is 4.74 Å². The maximum Gasteiger partial charge on any atom is 0.253 e. The number of epoxide rings is 1. The molecule has 4 heteroatoms. The van der Waals surface area contributed by atoms with E-state index in [1.807, 2.05) is 6.92 Å². The molecule has 2 unspecified atom stereocenters. The van der Waals surface area contributed by atoms with Gasteiger partial charge in [0.15, 0.2) is 0 Å². The molecule has 2 atom stereocenters. The summed E-state index contributed by atoms with van der Waals surface area (Å²) in [5, 5.41) is 0. The Hall–Kier alpha value is -1.16. The molecule has 0 spiro atoms. The van der Waals surface area contributed by atoms with Crippen molar-refractivity contribution in [1.29, 1.82) is 0 Å². The summed E-state index contributed by atoms with van der Waals surface area (Å²) in [5.74, 6) is -0.420. The number of hydrogen-bond donors (Lipinski definition) is 0. The zero-order valence-corrected chi connectivity index (χ0v) is 7.40. The molecule has 0 aromatic heterocycles. The summed E-state index contributed by atoms with van der Waals surface area (Å²) in [6, 6.07) is 0. The summed E-state index contributed by atoms with van der Waals surface area (Å²) in [6.07, 6.45) is 3.89. The van der Waals surface area contributed by atoms with E-state index in [-0.39, 0.29) is 17.9 Å². The van der Waals surface area contributed by atoms with Crippen LogP contribution in [0.3, 0.4) is 0 Å². The van der Waals surface area contributed by atoms with Crippen LogP contribution in [0.15, 0.2) is 12.2 Å². The lowest BCUT2D eigenvalue weighted by atomic mass is 10.2. The van der Waals surface area contributed by atoms with Crippen molar-refractivity contribution >= 4 is 11.8 Å². The van der Waals surface area contributed by atoms with E-state index in [4.69, 9.17) is 4.74 Å². The van der Waals surface area contributed by atoms with Crippen LogP contribution < -0.4 is 0 Å². The first kappa shape index (κ1) is 8.44. The normalized spacial score (nSPS) is 31.6.